The second-order valence-electron chi connectivity index (χ2n) is 5.07. The number of hydrogen-bond donors (Lipinski definition) is 0. The van der Waals surface area contributed by atoms with E-state index in [2.05, 4.69) is 75.5 Å². The molecule has 15 heavy (non-hydrogen) atoms. The summed E-state index contributed by atoms with van der Waals surface area (Å²) in [5, 5.41) is 1.56. The van der Waals surface area contributed by atoms with Crippen molar-refractivity contribution in [1.29, 1.82) is 0 Å². The summed E-state index contributed by atoms with van der Waals surface area (Å²) in [6, 6.07) is 8.74. The Morgan fingerprint density at radius 3 is 1.93 bits per heavy atom. The van der Waals surface area contributed by atoms with Crippen molar-refractivity contribution in [3.8, 4) is 0 Å². The molecular formula is C12H21BBrP. The van der Waals surface area contributed by atoms with Crippen LogP contribution in [0.3, 0.4) is 0 Å². The van der Waals surface area contributed by atoms with Crippen LogP contribution in [0, 0.1) is 0 Å². The van der Waals surface area contributed by atoms with E-state index in [0.29, 0.717) is 0 Å². The van der Waals surface area contributed by atoms with Gasteiger partial charge in [0.2, 0.25) is 0 Å². The Kier molecular flexibility index (Phi) is 4.44. The molecule has 1 aromatic rings. The van der Waals surface area contributed by atoms with E-state index in [1.165, 1.54) is 4.47 Å². The first-order valence-corrected chi connectivity index (χ1v) is 9.10. The molecule has 0 saturated heterocycles. The zero-order chi connectivity index (χ0) is 11.6. The van der Waals surface area contributed by atoms with Gasteiger partial charge in [0.05, 0.1) is 0 Å². The van der Waals surface area contributed by atoms with E-state index < -0.39 is 7.14 Å². The minimum atomic E-state index is -1.37. The van der Waals surface area contributed by atoms with Gasteiger partial charge in [-0.05, 0) is 0 Å². The standard InChI is InChI=1S/C12H21BBrP/c1-9(2)15(13,10(3)4)12-8-6-5-7-11(12)14/h5-10,15H,13H2,1-4H3. The molecule has 1 aromatic carbocycles. The van der Waals surface area contributed by atoms with Gasteiger partial charge in [-0.25, -0.2) is 0 Å². The van der Waals surface area contributed by atoms with E-state index in [4.69, 9.17) is 0 Å². The first-order chi connectivity index (χ1) is 6.90. The molecule has 0 nitrogen and oxygen atoms in total. The Balaban J connectivity index is 3.28. The fourth-order valence-corrected chi connectivity index (χ4v) is 7.38. The van der Waals surface area contributed by atoms with Crippen LogP contribution in [0.2, 0.25) is 0 Å². The average molecular weight is 287 g/mol. The molecule has 0 heterocycles. The monoisotopic (exact) mass is 286 g/mol. The van der Waals surface area contributed by atoms with Gasteiger partial charge in [-0.3, -0.25) is 0 Å². The van der Waals surface area contributed by atoms with Gasteiger partial charge in [-0.2, -0.15) is 0 Å². The van der Waals surface area contributed by atoms with Crippen LogP contribution in [-0.4, -0.2) is 18.9 Å². The SMILES string of the molecule is B[PH](c1ccccc1Br)(C(C)C)C(C)C. The third kappa shape index (κ3) is 2.48. The molecule has 0 N–H and O–H groups in total. The summed E-state index contributed by atoms with van der Waals surface area (Å²) in [5.41, 5.74) is 1.55. The fourth-order valence-electron chi connectivity index (χ4n) is 2.19. The van der Waals surface area contributed by atoms with Crippen molar-refractivity contribution < 1.29 is 0 Å². The van der Waals surface area contributed by atoms with Crippen molar-refractivity contribution in [2.24, 2.45) is 0 Å². The fraction of sp³-hybridized carbons (Fsp3) is 0.500. The summed E-state index contributed by atoms with van der Waals surface area (Å²) >= 11 is 3.70. The van der Waals surface area contributed by atoms with Crippen molar-refractivity contribution in [3.63, 3.8) is 0 Å². The first kappa shape index (κ1) is 13.3. The van der Waals surface area contributed by atoms with Crippen molar-refractivity contribution in [2.45, 2.75) is 39.0 Å². The van der Waals surface area contributed by atoms with Gasteiger partial charge in [-0.1, -0.05) is 0 Å². The van der Waals surface area contributed by atoms with Crippen molar-refractivity contribution in [3.05, 3.63) is 28.7 Å². The molecule has 0 aliphatic heterocycles. The molecule has 0 saturated carbocycles. The van der Waals surface area contributed by atoms with Gasteiger partial charge in [-0.15, -0.1) is 0 Å². The summed E-state index contributed by atoms with van der Waals surface area (Å²) in [6.07, 6.45) is 0. The van der Waals surface area contributed by atoms with Gasteiger partial charge >= 0.3 is 104 Å². The van der Waals surface area contributed by atoms with Crippen LogP contribution >= 0.6 is 23.1 Å². The molecule has 0 amide bonds. The third-order valence-electron chi connectivity index (χ3n) is 3.85. The molecule has 3 heteroatoms. The zero-order valence-corrected chi connectivity index (χ0v) is 12.9. The summed E-state index contributed by atoms with van der Waals surface area (Å²) in [6.45, 7) is 9.47. The molecule has 0 aromatic heterocycles. The maximum atomic E-state index is 3.70. The van der Waals surface area contributed by atoms with Gasteiger partial charge < -0.3 is 0 Å². The van der Waals surface area contributed by atoms with Crippen LogP contribution in [0.4, 0.5) is 0 Å². The summed E-state index contributed by atoms with van der Waals surface area (Å²) in [7, 11) is 1.13. The molecule has 0 spiro atoms. The maximum absolute atomic E-state index is 3.70. The van der Waals surface area contributed by atoms with E-state index >= 15 is 0 Å². The molecule has 84 valence electrons. The topological polar surface area (TPSA) is 0 Å². The Labute approximate surface area is 104 Å². The third-order valence-corrected chi connectivity index (χ3v) is 11.3. The Hall–Kier alpha value is 0.195. The Bertz CT molecular complexity index is 328. The normalized spacial score (nSPS) is 13.5. The molecule has 0 bridgehead atoms. The van der Waals surface area contributed by atoms with Crippen LogP contribution in [0.15, 0.2) is 28.7 Å². The van der Waals surface area contributed by atoms with Gasteiger partial charge in [0.15, 0.2) is 0 Å². The number of halogens is 1. The molecule has 0 aliphatic carbocycles. The number of hydrogen-bond acceptors (Lipinski definition) is 0. The predicted molar refractivity (Wildman–Crippen MR) is 80.9 cm³/mol. The Morgan fingerprint density at radius 1 is 1.07 bits per heavy atom. The van der Waals surface area contributed by atoms with Crippen molar-refractivity contribution in [1.82, 2.24) is 0 Å². The second kappa shape index (κ2) is 5.02. The summed E-state index contributed by atoms with van der Waals surface area (Å²) in [4.78, 5) is 0. The Morgan fingerprint density at radius 2 is 1.53 bits per heavy atom. The molecule has 0 radical (unpaired) electrons. The minimum absolute atomic E-state index is 0.774. The zero-order valence-electron chi connectivity index (χ0n) is 10.3. The summed E-state index contributed by atoms with van der Waals surface area (Å²) in [5.74, 6) is 0. The van der Waals surface area contributed by atoms with Crippen LogP contribution in [0.1, 0.15) is 27.7 Å². The molecule has 1 rings (SSSR count). The van der Waals surface area contributed by atoms with E-state index in [1.54, 1.807) is 5.30 Å². The first-order valence-electron chi connectivity index (χ1n) is 5.65. The van der Waals surface area contributed by atoms with E-state index in [1.807, 2.05) is 0 Å². The molecule has 0 fully saturated rings. The molecule has 0 atom stereocenters. The number of benzene rings is 1. The van der Waals surface area contributed by atoms with Crippen LogP contribution in [0.5, 0.6) is 0 Å². The van der Waals surface area contributed by atoms with E-state index in [-0.39, 0.29) is 0 Å². The predicted octanol–water partition coefficient (Wildman–Crippen LogP) is 3.19. The average Bonchev–Trinajstić information content (AvgIpc) is 2.16. The van der Waals surface area contributed by atoms with Crippen molar-refractivity contribution in [2.75, 3.05) is 0 Å². The van der Waals surface area contributed by atoms with E-state index in [0.717, 1.165) is 11.3 Å². The van der Waals surface area contributed by atoms with Crippen LogP contribution in [0.25, 0.3) is 0 Å². The molecular weight excluding hydrogens is 266 g/mol. The molecule has 0 aliphatic rings. The van der Waals surface area contributed by atoms with Gasteiger partial charge in [0.25, 0.3) is 0 Å². The number of rotatable bonds is 3. The summed E-state index contributed by atoms with van der Waals surface area (Å²) < 4.78 is 1.29. The quantitative estimate of drug-likeness (QED) is 0.591. The van der Waals surface area contributed by atoms with Crippen molar-refractivity contribution >= 4 is 35.9 Å². The van der Waals surface area contributed by atoms with Gasteiger partial charge in [0, 0.05) is 0 Å². The van der Waals surface area contributed by atoms with Crippen LogP contribution in [-0.2, 0) is 0 Å². The van der Waals surface area contributed by atoms with Crippen LogP contribution < -0.4 is 5.30 Å². The second-order valence-corrected chi connectivity index (χ2v) is 11.3. The van der Waals surface area contributed by atoms with Gasteiger partial charge in [0.1, 0.15) is 0 Å². The molecule has 0 unspecified atom stereocenters. The van der Waals surface area contributed by atoms with E-state index in [9.17, 15) is 0 Å².